The van der Waals surface area contributed by atoms with Crippen molar-refractivity contribution in [2.24, 2.45) is 17.8 Å². The van der Waals surface area contributed by atoms with Crippen molar-refractivity contribution >= 4 is 5.97 Å². The van der Waals surface area contributed by atoms with Gasteiger partial charge in [0.05, 0.1) is 12.5 Å². The summed E-state index contributed by atoms with van der Waals surface area (Å²) in [5.41, 5.74) is 1.26. The second-order valence-corrected chi connectivity index (χ2v) is 5.50. The number of benzene rings is 1. The summed E-state index contributed by atoms with van der Waals surface area (Å²) < 4.78 is 5.26. The molecule has 104 valence electrons. The highest BCUT2D eigenvalue weighted by Crippen LogP contribution is 2.59. The Labute approximate surface area is 120 Å². The molecule has 1 saturated carbocycles. The minimum absolute atomic E-state index is 0.0264. The van der Waals surface area contributed by atoms with Crippen LogP contribution in [0, 0.1) is 17.8 Å². The summed E-state index contributed by atoms with van der Waals surface area (Å²) in [5, 5.41) is 0. The minimum Gasteiger partial charge on any atom is -0.466 e. The van der Waals surface area contributed by atoms with E-state index in [1.54, 1.807) is 0 Å². The minimum atomic E-state index is -0.0330. The fraction of sp³-hybridized carbons (Fsp3) is 0.389. The fourth-order valence-corrected chi connectivity index (χ4v) is 3.40. The first-order valence-corrected chi connectivity index (χ1v) is 7.38. The van der Waals surface area contributed by atoms with E-state index in [4.69, 9.17) is 4.74 Å². The summed E-state index contributed by atoms with van der Waals surface area (Å²) in [6.07, 6.45) is 9.63. The zero-order valence-electron chi connectivity index (χ0n) is 11.7. The van der Waals surface area contributed by atoms with Gasteiger partial charge < -0.3 is 4.74 Å². The normalized spacial score (nSPS) is 31.1. The lowest BCUT2D eigenvalue weighted by atomic mass is 9.92. The zero-order valence-corrected chi connectivity index (χ0v) is 11.7. The Morgan fingerprint density at radius 1 is 1.25 bits per heavy atom. The zero-order chi connectivity index (χ0) is 13.9. The highest BCUT2D eigenvalue weighted by molar-refractivity contribution is 5.78. The third-order valence-corrected chi connectivity index (χ3v) is 4.33. The molecule has 1 aromatic rings. The molecule has 2 aliphatic carbocycles. The second kappa shape index (κ2) is 5.66. The van der Waals surface area contributed by atoms with Crippen molar-refractivity contribution in [2.45, 2.75) is 19.3 Å². The molecule has 0 aliphatic heterocycles. The summed E-state index contributed by atoms with van der Waals surface area (Å²) in [6, 6.07) is 10.4. The van der Waals surface area contributed by atoms with Crippen LogP contribution < -0.4 is 0 Å². The summed E-state index contributed by atoms with van der Waals surface area (Å²) in [7, 11) is 0. The number of esters is 1. The van der Waals surface area contributed by atoms with Crippen LogP contribution in [0.3, 0.4) is 0 Å². The van der Waals surface area contributed by atoms with Crippen LogP contribution >= 0.6 is 0 Å². The van der Waals surface area contributed by atoms with E-state index in [0.29, 0.717) is 24.4 Å². The third-order valence-electron chi connectivity index (χ3n) is 4.33. The Morgan fingerprint density at radius 3 is 2.70 bits per heavy atom. The summed E-state index contributed by atoms with van der Waals surface area (Å²) >= 11 is 0. The first kappa shape index (κ1) is 13.2. The van der Waals surface area contributed by atoms with Crippen LogP contribution in [0.15, 0.2) is 54.6 Å². The van der Waals surface area contributed by atoms with Crippen LogP contribution in [0.4, 0.5) is 0 Å². The van der Waals surface area contributed by atoms with Gasteiger partial charge in [0, 0.05) is 5.92 Å². The van der Waals surface area contributed by atoms with Gasteiger partial charge in [-0.1, -0.05) is 54.6 Å². The van der Waals surface area contributed by atoms with Gasteiger partial charge in [-0.3, -0.25) is 4.79 Å². The molecule has 2 heteroatoms. The maximum Gasteiger partial charge on any atom is 0.309 e. The monoisotopic (exact) mass is 268 g/mol. The molecule has 0 radical (unpaired) electrons. The van der Waals surface area contributed by atoms with Crippen molar-refractivity contribution in [1.82, 2.24) is 0 Å². The quantitative estimate of drug-likeness (QED) is 0.778. The second-order valence-electron chi connectivity index (χ2n) is 5.50. The van der Waals surface area contributed by atoms with Gasteiger partial charge in [0.15, 0.2) is 0 Å². The van der Waals surface area contributed by atoms with Gasteiger partial charge in [-0.05, 0) is 30.7 Å². The van der Waals surface area contributed by atoms with Gasteiger partial charge >= 0.3 is 5.97 Å². The van der Waals surface area contributed by atoms with Crippen LogP contribution in [0.25, 0.3) is 0 Å². The number of ether oxygens (including phenoxy) is 1. The average molecular weight is 268 g/mol. The highest BCUT2D eigenvalue weighted by Gasteiger charge is 2.58. The van der Waals surface area contributed by atoms with Crippen molar-refractivity contribution < 1.29 is 9.53 Å². The molecular formula is C18H20O2. The van der Waals surface area contributed by atoms with Crippen LogP contribution in [-0.4, -0.2) is 12.6 Å². The van der Waals surface area contributed by atoms with Gasteiger partial charge in [-0.2, -0.15) is 0 Å². The predicted octanol–water partition coefficient (Wildman–Crippen LogP) is 3.71. The number of hydrogen-bond donors (Lipinski definition) is 0. The molecule has 0 saturated heterocycles. The van der Waals surface area contributed by atoms with Crippen molar-refractivity contribution in [3.05, 3.63) is 60.2 Å². The van der Waals surface area contributed by atoms with Crippen LogP contribution in [0.1, 0.15) is 24.8 Å². The van der Waals surface area contributed by atoms with Crippen LogP contribution in [0.2, 0.25) is 0 Å². The third kappa shape index (κ3) is 2.43. The summed E-state index contributed by atoms with van der Waals surface area (Å²) in [4.78, 5) is 12.2. The highest BCUT2D eigenvalue weighted by atomic mass is 16.5. The number of hydrogen-bond acceptors (Lipinski definition) is 2. The maximum absolute atomic E-state index is 12.2. The molecule has 1 aromatic carbocycles. The first-order chi connectivity index (χ1) is 9.83. The molecule has 3 rings (SSSR count). The molecule has 0 aromatic heterocycles. The standard InChI is InChI=1S/C18H20O2/c1-2-20-18(19)17-15(13-9-5-3-6-10-13)16(17)14-11-7-4-8-12-14/h3-11,14-17H,2,12H2,1H3/t14?,15-,16-,17+/m1/s1. The molecule has 1 fully saturated rings. The van der Waals surface area contributed by atoms with E-state index in [1.807, 2.05) is 25.1 Å². The van der Waals surface area contributed by atoms with Crippen molar-refractivity contribution in [2.75, 3.05) is 6.61 Å². The number of rotatable bonds is 4. The lowest BCUT2D eigenvalue weighted by Crippen LogP contribution is -2.11. The maximum atomic E-state index is 12.2. The van der Waals surface area contributed by atoms with E-state index in [0.717, 1.165) is 6.42 Å². The molecule has 0 heterocycles. The van der Waals surface area contributed by atoms with Crippen molar-refractivity contribution in [3.8, 4) is 0 Å². The molecule has 0 N–H and O–H groups in total. The molecule has 0 bridgehead atoms. The molecule has 0 amide bonds. The molecule has 2 aliphatic rings. The van der Waals surface area contributed by atoms with Crippen molar-refractivity contribution in [3.63, 3.8) is 0 Å². The van der Waals surface area contributed by atoms with E-state index in [2.05, 4.69) is 36.4 Å². The average Bonchev–Trinajstić information content (AvgIpc) is 3.25. The van der Waals surface area contributed by atoms with Crippen LogP contribution in [0.5, 0.6) is 0 Å². The lowest BCUT2D eigenvalue weighted by molar-refractivity contribution is -0.145. The Bertz CT molecular complexity index is 530. The van der Waals surface area contributed by atoms with Crippen molar-refractivity contribution in [1.29, 1.82) is 0 Å². The van der Waals surface area contributed by atoms with Gasteiger partial charge in [-0.15, -0.1) is 0 Å². The lowest BCUT2D eigenvalue weighted by Gasteiger charge is -2.12. The molecular weight excluding hydrogens is 248 g/mol. The molecule has 1 unspecified atom stereocenters. The number of allylic oxidation sites excluding steroid dienone is 4. The molecule has 4 atom stereocenters. The van der Waals surface area contributed by atoms with Gasteiger partial charge in [0.1, 0.15) is 0 Å². The molecule has 2 nitrogen and oxygen atoms in total. The Kier molecular flexibility index (Phi) is 3.72. The Morgan fingerprint density at radius 2 is 2.05 bits per heavy atom. The van der Waals surface area contributed by atoms with Gasteiger partial charge in [0.25, 0.3) is 0 Å². The number of carbonyl (C=O) groups is 1. The topological polar surface area (TPSA) is 26.3 Å². The van der Waals surface area contributed by atoms with E-state index in [-0.39, 0.29) is 11.9 Å². The fourth-order valence-electron chi connectivity index (χ4n) is 3.40. The smallest absolute Gasteiger partial charge is 0.309 e. The SMILES string of the molecule is CCOC(=O)[C@H]1[C@H](c2ccccc2)[C@H]1C1C=CC=CC1. The summed E-state index contributed by atoms with van der Waals surface area (Å²) in [6.45, 7) is 2.33. The predicted molar refractivity (Wildman–Crippen MR) is 79.2 cm³/mol. The molecule has 0 spiro atoms. The first-order valence-electron chi connectivity index (χ1n) is 7.38. The molecule has 20 heavy (non-hydrogen) atoms. The van der Waals surface area contributed by atoms with Crippen LogP contribution in [-0.2, 0) is 9.53 Å². The number of carbonyl (C=O) groups excluding carboxylic acids is 1. The Balaban J connectivity index is 1.81. The van der Waals surface area contributed by atoms with Gasteiger partial charge in [0.2, 0.25) is 0 Å². The Hall–Kier alpha value is -1.83. The summed E-state index contributed by atoms with van der Waals surface area (Å²) in [5.74, 6) is 1.15. The van der Waals surface area contributed by atoms with E-state index < -0.39 is 0 Å². The van der Waals surface area contributed by atoms with E-state index in [9.17, 15) is 4.79 Å². The van der Waals surface area contributed by atoms with Gasteiger partial charge in [-0.25, -0.2) is 0 Å². The largest absolute Gasteiger partial charge is 0.466 e. The van der Waals surface area contributed by atoms with E-state index >= 15 is 0 Å². The van der Waals surface area contributed by atoms with E-state index in [1.165, 1.54) is 5.56 Å².